The fourth-order valence-corrected chi connectivity index (χ4v) is 4.63. The highest BCUT2D eigenvalue weighted by Crippen LogP contribution is 2.48. The predicted molar refractivity (Wildman–Crippen MR) is 108 cm³/mol. The molecular formula is C21H29ClF3NO3. The van der Waals surface area contributed by atoms with Crippen LogP contribution < -0.4 is 9.64 Å². The molecule has 0 bridgehead atoms. The number of carbonyl (C=O) groups is 1. The molecule has 0 unspecified atom stereocenters. The van der Waals surface area contributed by atoms with Crippen LogP contribution in [0.15, 0.2) is 18.2 Å². The molecule has 3 rings (SSSR count). The fourth-order valence-electron chi connectivity index (χ4n) is 4.39. The van der Waals surface area contributed by atoms with Gasteiger partial charge >= 0.3 is 12.3 Å². The highest BCUT2D eigenvalue weighted by atomic mass is 35.5. The largest absolute Gasteiger partial charge is 0.573 e. The van der Waals surface area contributed by atoms with Gasteiger partial charge in [-0.05, 0) is 62.0 Å². The van der Waals surface area contributed by atoms with Crippen LogP contribution in [-0.4, -0.2) is 30.5 Å². The zero-order chi connectivity index (χ0) is 21.7. The van der Waals surface area contributed by atoms with Gasteiger partial charge in [-0.1, -0.05) is 25.4 Å². The highest BCUT2D eigenvalue weighted by molar-refractivity contribution is 6.33. The molecular weight excluding hydrogens is 407 g/mol. The standard InChI is InChI=1S/C19H23ClF3NO3.C2H6/c20-15-2-1-14(27-19(21,22)23)12-16(15)24-9-7-18(8-10-24)5-3-13(4-6-18)11-17(25)26;1-2/h1-2,12-13H,3-11H2,(H,25,26);1-2H3. The third-order valence-electron chi connectivity index (χ3n) is 5.95. The molecule has 1 aromatic carbocycles. The molecule has 0 aromatic heterocycles. The summed E-state index contributed by atoms with van der Waals surface area (Å²) < 4.78 is 41.4. The van der Waals surface area contributed by atoms with Crippen LogP contribution in [0.25, 0.3) is 0 Å². The molecule has 1 spiro atoms. The quantitative estimate of drug-likeness (QED) is 0.585. The van der Waals surface area contributed by atoms with E-state index in [1.165, 1.54) is 18.2 Å². The van der Waals surface area contributed by atoms with E-state index in [1.807, 2.05) is 18.7 Å². The summed E-state index contributed by atoms with van der Waals surface area (Å²) in [6.45, 7) is 5.44. The predicted octanol–water partition coefficient (Wildman–Crippen LogP) is 6.52. The average Bonchev–Trinajstić information content (AvgIpc) is 2.66. The monoisotopic (exact) mass is 435 g/mol. The molecule has 29 heavy (non-hydrogen) atoms. The van der Waals surface area contributed by atoms with Crippen LogP contribution in [0, 0.1) is 11.3 Å². The van der Waals surface area contributed by atoms with Gasteiger partial charge in [0.1, 0.15) is 5.75 Å². The number of hydrogen-bond acceptors (Lipinski definition) is 3. The van der Waals surface area contributed by atoms with Gasteiger partial charge in [0.15, 0.2) is 0 Å². The summed E-state index contributed by atoms with van der Waals surface area (Å²) >= 11 is 6.21. The third kappa shape index (κ3) is 6.69. The van der Waals surface area contributed by atoms with Crippen molar-refractivity contribution in [1.82, 2.24) is 0 Å². The average molecular weight is 436 g/mol. The van der Waals surface area contributed by atoms with Crippen molar-refractivity contribution in [2.75, 3.05) is 18.0 Å². The first-order chi connectivity index (χ1) is 13.7. The van der Waals surface area contributed by atoms with E-state index in [-0.39, 0.29) is 23.5 Å². The summed E-state index contributed by atoms with van der Waals surface area (Å²) in [5.74, 6) is -0.741. The zero-order valence-corrected chi connectivity index (χ0v) is 17.7. The van der Waals surface area contributed by atoms with Crippen molar-refractivity contribution < 1.29 is 27.8 Å². The summed E-state index contributed by atoms with van der Waals surface area (Å²) in [5, 5.41) is 9.36. The summed E-state index contributed by atoms with van der Waals surface area (Å²) in [7, 11) is 0. The Hall–Kier alpha value is -1.63. The Labute approximate surface area is 175 Å². The lowest BCUT2D eigenvalue weighted by molar-refractivity contribution is -0.274. The molecule has 1 aliphatic carbocycles. The van der Waals surface area contributed by atoms with Gasteiger partial charge in [-0.2, -0.15) is 0 Å². The normalized spacial score (nSPS) is 19.4. The van der Waals surface area contributed by atoms with Crippen LogP contribution in [0.2, 0.25) is 5.02 Å². The van der Waals surface area contributed by atoms with Gasteiger partial charge in [0, 0.05) is 25.6 Å². The summed E-state index contributed by atoms with van der Waals surface area (Å²) in [5.41, 5.74) is 0.783. The maximum absolute atomic E-state index is 12.5. The van der Waals surface area contributed by atoms with E-state index in [2.05, 4.69) is 4.74 Å². The van der Waals surface area contributed by atoms with E-state index >= 15 is 0 Å². The van der Waals surface area contributed by atoms with Gasteiger partial charge in [0.05, 0.1) is 10.7 Å². The maximum atomic E-state index is 12.5. The van der Waals surface area contributed by atoms with E-state index in [1.54, 1.807) is 0 Å². The maximum Gasteiger partial charge on any atom is 0.573 e. The molecule has 2 fully saturated rings. The molecule has 1 saturated heterocycles. The number of halogens is 4. The van der Waals surface area contributed by atoms with Crippen molar-refractivity contribution >= 4 is 23.3 Å². The molecule has 1 N–H and O–H groups in total. The van der Waals surface area contributed by atoms with E-state index in [0.717, 1.165) is 51.6 Å². The Balaban J connectivity index is 0.00000145. The number of benzene rings is 1. The Morgan fingerprint density at radius 3 is 2.31 bits per heavy atom. The van der Waals surface area contributed by atoms with Crippen LogP contribution in [-0.2, 0) is 4.79 Å². The summed E-state index contributed by atoms with van der Waals surface area (Å²) in [4.78, 5) is 12.9. The third-order valence-corrected chi connectivity index (χ3v) is 6.26. The first-order valence-electron chi connectivity index (χ1n) is 10.2. The molecule has 1 heterocycles. The van der Waals surface area contributed by atoms with Gasteiger partial charge in [-0.25, -0.2) is 0 Å². The Kier molecular flexibility index (Phi) is 8.09. The van der Waals surface area contributed by atoms with Crippen LogP contribution in [0.4, 0.5) is 18.9 Å². The van der Waals surface area contributed by atoms with Gasteiger partial charge in [0.2, 0.25) is 0 Å². The second kappa shape index (κ2) is 9.92. The van der Waals surface area contributed by atoms with Crippen molar-refractivity contribution in [1.29, 1.82) is 0 Å². The second-order valence-corrected chi connectivity index (χ2v) is 8.10. The van der Waals surface area contributed by atoms with Gasteiger partial charge < -0.3 is 14.7 Å². The van der Waals surface area contributed by atoms with Gasteiger partial charge in [-0.15, -0.1) is 13.2 Å². The number of carboxylic acids is 1. The minimum Gasteiger partial charge on any atom is -0.481 e. The molecule has 4 nitrogen and oxygen atoms in total. The topological polar surface area (TPSA) is 49.8 Å². The first-order valence-corrected chi connectivity index (χ1v) is 10.6. The molecule has 0 atom stereocenters. The Bertz CT molecular complexity index is 678. The smallest absolute Gasteiger partial charge is 0.481 e. The molecule has 1 saturated carbocycles. The number of anilines is 1. The number of alkyl halides is 3. The van der Waals surface area contributed by atoms with Crippen LogP contribution in [0.1, 0.15) is 58.8 Å². The molecule has 1 aliphatic heterocycles. The van der Waals surface area contributed by atoms with Gasteiger partial charge in [-0.3, -0.25) is 4.79 Å². The second-order valence-electron chi connectivity index (χ2n) is 7.69. The van der Waals surface area contributed by atoms with Gasteiger partial charge in [0.25, 0.3) is 0 Å². The van der Waals surface area contributed by atoms with Crippen molar-refractivity contribution in [2.45, 2.75) is 65.2 Å². The lowest BCUT2D eigenvalue weighted by Crippen LogP contribution is -2.42. The van der Waals surface area contributed by atoms with Crippen LogP contribution >= 0.6 is 11.6 Å². The molecule has 1 aromatic rings. The number of nitrogens with zero attached hydrogens (tertiary/aromatic N) is 1. The van der Waals surface area contributed by atoms with Crippen molar-refractivity contribution in [3.8, 4) is 5.75 Å². The lowest BCUT2D eigenvalue weighted by atomic mass is 9.65. The molecule has 0 radical (unpaired) electrons. The SMILES string of the molecule is CC.O=C(O)CC1CCC2(CC1)CCN(c1cc(OC(F)(F)F)ccc1Cl)CC2. The molecule has 2 aliphatic rings. The van der Waals surface area contributed by atoms with Crippen LogP contribution in [0.3, 0.4) is 0 Å². The van der Waals surface area contributed by atoms with E-state index < -0.39 is 12.3 Å². The number of hydrogen-bond donors (Lipinski definition) is 1. The zero-order valence-electron chi connectivity index (χ0n) is 16.9. The van der Waals surface area contributed by atoms with Crippen molar-refractivity contribution in [3.63, 3.8) is 0 Å². The number of carboxylic acid groups (broad SMARTS) is 1. The molecule has 164 valence electrons. The number of rotatable bonds is 4. The minimum atomic E-state index is -4.73. The molecule has 0 amide bonds. The highest BCUT2D eigenvalue weighted by Gasteiger charge is 2.39. The Morgan fingerprint density at radius 1 is 1.21 bits per heavy atom. The van der Waals surface area contributed by atoms with Crippen molar-refractivity contribution in [3.05, 3.63) is 23.2 Å². The van der Waals surface area contributed by atoms with Crippen molar-refractivity contribution in [2.24, 2.45) is 11.3 Å². The van der Waals surface area contributed by atoms with E-state index in [9.17, 15) is 18.0 Å². The van der Waals surface area contributed by atoms with E-state index in [0.29, 0.717) is 10.7 Å². The molecule has 8 heteroatoms. The summed E-state index contributed by atoms with van der Waals surface area (Å²) in [6, 6.07) is 3.99. The number of ether oxygens (including phenoxy) is 1. The van der Waals surface area contributed by atoms with Crippen LogP contribution in [0.5, 0.6) is 5.75 Å². The van der Waals surface area contributed by atoms with E-state index in [4.69, 9.17) is 16.7 Å². The fraction of sp³-hybridized carbons (Fsp3) is 0.667. The number of aliphatic carboxylic acids is 1. The minimum absolute atomic E-state index is 0.220. The lowest BCUT2D eigenvalue weighted by Gasteiger charge is -2.46. The first kappa shape index (κ1) is 23.6. The Morgan fingerprint density at radius 2 is 1.79 bits per heavy atom. The summed E-state index contributed by atoms with van der Waals surface area (Å²) in [6.07, 6.45) is 1.29. The number of piperidine rings is 1.